The van der Waals surface area contributed by atoms with E-state index in [1.807, 2.05) is 6.92 Å². The van der Waals surface area contributed by atoms with E-state index in [0.29, 0.717) is 12.5 Å². The molecular formula is C12H23IN4S. The molecule has 0 radical (unpaired) electrons. The lowest BCUT2D eigenvalue weighted by Crippen LogP contribution is -2.37. The van der Waals surface area contributed by atoms with Gasteiger partial charge >= 0.3 is 0 Å². The number of hydrogen-bond donors (Lipinski definition) is 1. The van der Waals surface area contributed by atoms with E-state index in [9.17, 15) is 0 Å². The molecule has 0 aliphatic rings. The molecule has 4 nitrogen and oxygen atoms in total. The molecule has 0 saturated carbocycles. The number of rotatable bonds is 5. The van der Waals surface area contributed by atoms with Crippen LogP contribution in [0.25, 0.3) is 0 Å². The van der Waals surface area contributed by atoms with Gasteiger partial charge in [0.15, 0.2) is 5.96 Å². The summed E-state index contributed by atoms with van der Waals surface area (Å²) in [6.45, 7) is 10.8. The highest BCUT2D eigenvalue weighted by molar-refractivity contribution is 14.0. The fourth-order valence-electron chi connectivity index (χ4n) is 1.56. The van der Waals surface area contributed by atoms with Crippen molar-refractivity contribution in [1.29, 1.82) is 0 Å². The second kappa shape index (κ2) is 8.68. The Morgan fingerprint density at radius 1 is 1.33 bits per heavy atom. The summed E-state index contributed by atoms with van der Waals surface area (Å²) in [4.78, 5) is 12.2. The van der Waals surface area contributed by atoms with Crippen molar-refractivity contribution in [3.63, 3.8) is 0 Å². The lowest BCUT2D eigenvalue weighted by Gasteiger charge is -2.19. The van der Waals surface area contributed by atoms with E-state index in [4.69, 9.17) is 5.73 Å². The SMILES string of the molecule is CCN(CC)C(N)=NCCc1nc(C)c(C)s1.I. The summed E-state index contributed by atoms with van der Waals surface area (Å²) in [7, 11) is 0. The molecule has 1 aromatic rings. The molecule has 0 amide bonds. The average molecular weight is 382 g/mol. The van der Waals surface area contributed by atoms with Crippen LogP contribution in [0.3, 0.4) is 0 Å². The van der Waals surface area contributed by atoms with E-state index >= 15 is 0 Å². The highest BCUT2D eigenvalue weighted by atomic mass is 127. The van der Waals surface area contributed by atoms with Crippen LogP contribution in [0.4, 0.5) is 0 Å². The number of nitrogens with zero attached hydrogens (tertiary/aromatic N) is 3. The first kappa shape index (κ1) is 17.6. The first-order valence-corrected chi connectivity index (χ1v) is 6.87. The Bertz CT molecular complexity index is 366. The van der Waals surface area contributed by atoms with Gasteiger partial charge in [-0.2, -0.15) is 0 Å². The van der Waals surface area contributed by atoms with Gasteiger partial charge in [-0.05, 0) is 27.7 Å². The van der Waals surface area contributed by atoms with Gasteiger partial charge in [0.2, 0.25) is 0 Å². The van der Waals surface area contributed by atoms with Gasteiger partial charge in [-0.3, -0.25) is 4.99 Å². The number of halogens is 1. The number of aliphatic imine (C=N–C) groups is 1. The minimum absolute atomic E-state index is 0. The number of thiazole rings is 1. The molecule has 18 heavy (non-hydrogen) atoms. The lowest BCUT2D eigenvalue weighted by molar-refractivity contribution is 0.458. The molecule has 0 aromatic carbocycles. The maximum Gasteiger partial charge on any atom is 0.191 e. The maximum absolute atomic E-state index is 5.90. The standard InChI is InChI=1S/C12H22N4S.HI/c1-5-16(6-2)12(13)14-8-7-11-15-9(3)10(4)17-11;/h5-8H2,1-4H3,(H2,13,14);1H. The Morgan fingerprint density at radius 2 is 1.94 bits per heavy atom. The fourth-order valence-corrected chi connectivity index (χ4v) is 2.48. The summed E-state index contributed by atoms with van der Waals surface area (Å²) < 4.78 is 0. The quantitative estimate of drug-likeness (QED) is 0.484. The monoisotopic (exact) mass is 382 g/mol. The Morgan fingerprint density at radius 3 is 2.39 bits per heavy atom. The van der Waals surface area contributed by atoms with Crippen LogP contribution in [0, 0.1) is 13.8 Å². The minimum atomic E-state index is 0. The largest absolute Gasteiger partial charge is 0.370 e. The van der Waals surface area contributed by atoms with Crippen molar-refractivity contribution >= 4 is 41.3 Å². The zero-order valence-corrected chi connectivity index (χ0v) is 14.7. The summed E-state index contributed by atoms with van der Waals surface area (Å²) in [5.74, 6) is 0.639. The van der Waals surface area contributed by atoms with E-state index in [0.717, 1.165) is 30.2 Å². The van der Waals surface area contributed by atoms with Gasteiger partial charge in [-0.25, -0.2) is 4.98 Å². The van der Waals surface area contributed by atoms with Gasteiger partial charge < -0.3 is 10.6 Å². The van der Waals surface area contributed by atoms with Gasteiger partial charge in [-0.15, -0.1) is 35.3 Å². The fraction of sp³-hybridized carbons (Fsp3) is 0.667. The third-order valence-corrected chi connectivity index (χ3v) is 3.89. The number of guanidine groups is 1. The Labute approximate surface area is 131 Å². The highest BCUT2D eigenvalue weighted by Crippen LogP contribution is 2.16. The van der Waals surface area contributed by atoms with Gasteiger partial charge in [-0.1, -0.05) is 0 Å². The first-order valence-electron chi connectivity index (χ1n) is 6.06. The molecule has 0 spiro atoms. The molecule has 0 saturated heterocycles. The van der Waals surface area contributed by atoms with Crippen molar-refractivity contribution in [3.8, 4) is 0 Å². The number of nitrogens with two attached hydrogens (primary N) is 1. The number of aromatic nitrogens is 1. The predicted molar refractivity (Wildman–Crippen MR) is 90.1 cm³/mol. The van der Waals surface area contributed by atoms with Gasteiger partial charge in [0.05, 0.1) is 10.7 Å². The molecule has 0 bridgehead atoms. The molecular weight excluding hydrogens is 359 g/mol. The molecule has 2 N–H and O–H groups in total. The zero-order chi connectivity index (χ0) is 12.8. The van der Waals surface area contributed by atoms with Gasteiger partial charge in [0.25, 0.3) is 0 Å². The van der Waals surface area contributed by atoms with E-state index < -0.39 is 0 Å². The van der Waals surface area contributed by atoms with E-state index in [2.05, 4.69) is 35.6 Å². The lowest BCUT2D eigenvalue weighted by atomic mass is 10.4. The smallest absolute Gasteiger partial charge is 0.191 e. The molecule has 0 aliphatic carbocycles. The third-order valence-electron chi connectivity index (χ3n) is 2.76. The Kier molecular flexibility index (Phi) is 8.51. The van der Waals surface area contributed by atoms with Crippen molar-refractivity contribution in [3.05, 3.63) is 15.6 Å². The molecule has 0 aliphatic heterocycles. The minimum Gasteiger partial charge on any atom is -0.370 e. The van der Waals surface area contributed by atoms with Crippen molar-refractivity contribution in [2.75, 3.05) is 19.6 Å². The van der Waals surface area contributed by atoms with Crippen LogP contribution in [0.2, 0.25) is 0 Å². The zero-order valence-electron chi connectivity index (χ0n) is 11.6. The van der Waals surface area contributed by atoms with Crippen LogP contribution in [0.15, 0.2) is 4.99 Å². The van der Waals surface area contributed by atoms with Crippen LogP contribution < -0.4 is 5.73 Å². The average Bonchev–Trinajstić information content (AvgIpc) is 2.60. The second-order valence-electron chi connectivity index (χ2n) is 3.91. The van der Waals surface area contributed by atoms with Crippen molar-refractivity contribution < 1.29 is 0 Å². The molecule has 1 aromatic heterocycles. The van der Waals surface area contributed by atoms with Crippen LogP contribution in [0.1, 0.15) is 29.4 Å². The summed E-state index contributed by atoms with van der Waals surface area (Å²) in [5.41, 5.74) is 7.03. The molecule has 0 atom stereocenters. The summed E-state index contributed by atoms with van der Waals surface area (Å²) in [6.07, 6.45) is 0.876. The first-order chi connectivity index (χ1) is 8.08. The molecule has 6 heteroatoms. The van der Waals surface area contributed by atoms with Crippen molar-refractivity contribution in [1.82, 2.24) is 9.88 Å². The van der Waals surface area contributed by atoms with Crippen LogP contribution in [-0.2, 0) is 6.42 Å². The molecule has 0 fully saturated rings. The molecule has 0 unspecified atom stereocenters. The van der Waals surface area contributed by atoms with Crippen LogP contribution in [0.5, 0.6) is 0 Å². The molecule has 1 rings (SSSR count). The maximum atomic E-state index is 5.90. The highest BCUT2D eigenvalue weighted by Gasteiger charge is 2.04. The Hall–Kier alpha value is -0.370. The van der Waals surface area contributed by atoms with E-state index in [-0.39, 0.29) is 24.0 Å². The van der Waals surface area contributed by atoms with Crippen molar-refractivity contribution in [2.24, 2.45) is 10.7 Å². The second-order valence-corrected chi connectivity index (χ2v) is 5.20. The number of aryl methyl sites for hydroxylation is 2. The molecule has 1 heterocycles. The topological polar surface area (TPSA) is 54.5 Å². The van der Waals surface area contributed by atoms with Gasteiger partial charge in [0.1, 0.15) is 0 Å². The number of hydrogen-bond acceptors (Lipinski definition) is 3. The molecule has 104 valence electrons. The van der Waals surface area contributed by atoms with Gasteiger partial charge in [0, 0.05) is 30.9 Å². The summed E-state index contributed by atoms with van der Waals surface area (Å²) in [6, 6.07) is 0. The van der Waals surface area contributed by atoms with Crippen molar-refractivity contribution in [2.45, 2.75) is 34.1 Å². The van der Waals surface area contributed by atoms with Crippen LogP contribution in [-0.4, -0.2) is 35.5 Å². The summed E-state index contributed by atoms with van der Waals surface area (Å²) in [5, 5.41) is 1.15. The summed E-state index contributed by atoms with van der Waals surface area (Å²) >= 11 is 1.75. The van der Waals surface area contributed by atoms with E-state index in [1.54, 1.807) is 11.3 Å². The predicted octanol–water partition coefficient (Wildman–Crippen LogP) is 2.58. The normalized spacial score (nSPS) is 11.2. The van der Waals surface area contributed by atoms with Crippen LogP contribution >= 0.6 is 35.3 Å². The Balaban J connectivity index is 0.00000289. The third kappa shape index (κ3) is 5.09. The van der Waals surface area contributed by atoms with E-state index in [1.165, 1.54) is 4.88 Å².